The van der Waals surface area contributed by atoms with Gasteiger partial charge in [-0.3, -0.25) is 4.79 Å². The zero-order chi connectivity index (χ0) is 12.8. The fourth-order valence-electron chi connectivity index (χ4n) is 1.41. The zero-order valence-corrected chi connectivity index (χ0v) is 10.4. The molecule has 0 bridgehead atoms. The summed E-state index contributed by atoms with van der Waals surface area (Å²) < 4.78 is 0. The van der Waals surface area contributed by atoms with E-state index in [1.165, 1.54) is 0 Å². The smallest absolute Gasteiger partial charge is 0.237 e. The molecule has 1 atom stereocenters. The summed E-state index contributed by atoms with van der Waals surface area (Å²) in [7, 11) is 0. The van der Waals surface area contributed by atoms with Crippen LogP contribution in [0.3, 0.4) is 0 Å². The van der Waals surface area contributed by atoms with Crippen molar-refractivity contribution >= 4 is 5.91 Å². The maximum Gasteiger partial charge on any atom is 0.237 e. The molecule has 0 radical (unpaired) electrons. The molecule has 0 aliphatic heterocycles. The van der Waals surface area contributed by atoms with Crippen LogP contribution in [0.25, 0.3) is 0 Å². The quantitative estimate of drug-likeness (QED) is 0.481. The molecular weight excluding hydrogens is 208 g/mol. The molecule has 0 heterocycles. The number of nitrogens with two attached hydrogens (primary N) is 1. The second-order valence-electron chi connectivity index (χ2n) is 4.68. The number of nitrogens with one attached hydrogen (secondary N) is 1. The van der Waals surface area contributed by atoms with Gasteiger partial charge in [0.25, 0.3) is 0 Å². The maximum atomic E-state index is 11.7. The lowest BCUT2D eigenvalue weighted by atomic mass is 9.96. The molecule has 5 heteroatoms. The Labute approximate surface area is 97.0 Å². The molecule has 0 saturated heterocycles. The lowest BCUT2D eigenvalue weighted by molar-refractivity contribution is -0.126. The molecule has 0 saturated carbocycles. The van der Waals surface area contributed by atoms with E-state index in [0.29, 0.717) is 18.8 Å². The molecule has 5 nitrogen and oxygen atoms in total. The van der Waals surface area contributed by atoms with E-state index in [1.54, 1.807) is 6.92 Å². The number of hydrogen-bond acceptors (Lipinski definition) is 4. The average Bonchev–Trinajstić information content (AvgIpc) is 2.25. The summed E-state index contributed by atoms with van der Waals surface area (Å²) in [5.41, 5.74) is 4.76. The largest absolute Gasteiger partial charge is 0.394 e. The van der Waals surface area contributed by atoms with Crippen molar-refractivity contribution in [1.82, 2.24) is 5.32 Å². The van der Waals surface area contributed by atoms with E-state index in [0.717, 1.165) is 0 Å². The SMILES string of the molecule is CCC(CO)(CO)NC(=O)[C@@H](N)CC(C)C. The van der Waals surface area contributed by atoms with Crippen LogP contribution in [-0.4, -0.2) is 40.9 Å². The first-order chi connectivity index (χ1) is 7.40. The van der Waals surface area contributed by atoms with Crippen molar-refractivity contribution in [3.05, 3.63) is 0 Å². The van der Waals surface area contributed by atoms with Crippen molar-refractivity contribution in [2.75, 3.05) is 13.2 Å². The predicted octanol–water partition coefficient (Wildman–Crippen LogP) is -0.391. The molecule has 1 amide bonds. The summed E-state index contributed by atoms with van der Waals surface area (Å²) in [4.78, 5) is 11.7. The van der Waals surface area contributed by atoms with Crippen LogP contribution in [-0.2, 0) is 4.79 Å². The summed E-state index contributed by atoms with van der Waals surface area (Å²) in [5.74, 6) is 0.0127. The van der Waals surface area contributed by atoms with E-state index in [9.17, 15) is 15.0 Å². The van der Waals surface area contributed by atoms with Crippen LogP contribution in [0.1, 0.15) is 33.6 Å². The number of hydrogen-bond donors (Lipinski definition) is 4. The Kier molecular flexibility index (Phi) is 6.55. The highest BCUT2D eigenvalue weighted by Gasteiger charge is 2.30. The summed E-state index contributed by atoms with van der Waals surface area (Å²) in [5, 5.41) is 21.0. The molecule has 16 heavy (non-hydrogen) atoms. The molecule has 0 spiro atoms. The van der Waals surface area contributed by atoms with E-state index in [2.05, 4.69) is 5.32 Å². The van der Waals surface area contributed by atoms with Gasteiger partial charge in [0.15, 0.2) is 0 Å². The lowest BCUT2D eigenvalue weighted by Gasteiger charge is -2.31. The number of aliphatic hydroxyl groups is 2. The topological polar surface area (TPSA) is 95.6 Å². The van der Waals surface area contributed by atoms with Crippen LogP contribution < -0.4 is 11.1 Å². The third kappa shape index (κ3) is 4.47. The Bertz CT molecular complexity index is 207. The normalized spacial score (nSPS) is 13.9. The molecule has 0 aromatic carbocycles. The Morgan fingerprint density at radius 3 is 2.19 bits per heavy atom. The van der Waals surface area contributed by atoms with Crippen LogP contribution in [0.2, 0.25) is 0 Å². The highest BCUT2D eigenvalue weighted by molar-refractivity contribution is 5.82. The number of carbonyl (C=O) groups is 1. The van der Waals surface area contributed by atoms with Gasteiger partial charge in [0.2, 0.25) is 5.91 Å². The third-order valence-electron chi connectivity index (χ3n) is 2.73. The molecule has 0 aliphatic carbocycles. The molecule has 0 aliphatic rings. The Hall–Kier alpha value is -0.650. The number of rotatable bonds is 7. The zero-order valence-electron chi connectivity index (χ0n) is 10.4. The molecule has 0 aromatic heterocycles. The first-order valence-corrected chi connectivity index (χ1v) is 5.70. The summed E-state index contributed by atoms with van der Waals surface area (Å²) in [6.07, 6.45) is 1.04. The molecule has 0 fully saturated rings. The van der Waals surface area contributed by atoms with Crippen molar-refractivity contribution in [3.8, 4) is 0 Å². The highest BCUT2D eigenvalue weighted by Crippen LogP contribution is 2.10. The molecule has 0 rings (SSSR count). The number of aliphatic hydroxyl groups excluding tert-OH is 2. The van der Waals surface area contributed by atoms with Gasteiger partial charge in [0.05, 0.1) is 24.8 Å². The molecule has 5 N–H and O–H groups in total. The first kappa shape index (κ1) is 15.3. The van der Waals surface area contributed by atoms with Crippen LogP contribution in [0, 0.1) is 5.92 Å². The number of amides is 1. The first-order valence-electron chi connectivity index (χ1n) is 5.70. The van der Waals surface area contributed by atoms with Crippen molar-refractivity contribution < 1.29 is 15.0 Å². The minimum atomic E-state index is -0.953. The van der Waals surface area contributed by atoms with Crippen molar-refractivity contribution in [1.29, 1.82) is 0 Å². The third-order valence-corrected chi connectivity index (χ3v) is 2.73. The minimum Gasteiger partial charge on any atom is -0.394 e. The van der Waals surface area contributed by atoms with Gasteiger partial charge in [0, 0.05) is 0 Å². The Morgan fingerprint density at radius 2 is 1.88 bits per heavy atom. The van der Waals surface area contributed by atoms with Crippen LogP contribution in [0.15, 0.2) is 0 Å². The Morgan fingerprint density at radius 1 is 1.38 bits per heavy atom. The van der Waals surface area contributed by atoms with Gasteiger partial charge in [-0.2, -0.15) is 0 Å². The maximum absolute atomic E-state index is 11.7. The average molecular weight is 232 g/mol. The minimum absolute atomic E-state index is 0.292. The molecule has 96 valence electrons. The van der Waals surface area contributed by atoms with Gasteiger partial charge in [-0.25, -0.2) is 0 Å². The fourth-order valence-corrected chi connectivity index (χ4v) is 1.41. The highest BCUT2D eigenvalue weighted by atomic mass is 16.3. The van der Waals surface area contributed by atoms with Crippen molar-refractivity contribution in [3.63, 3.8) is 0 Å². The van der Waals surface area contributed by atoms with E-state index in [4.69, 9.17) is 5.73 Å². The van der Waals surface area contributed by atoms with E-state index in [1.807, 2.05) is 13.8 Å². The van der Waals surface area contributed by atoms with Gasteiger partial charge < -0.3 is 21.3 Å². The predicted molar refractivity (Wildman–Crippen MR) is 62.8 cm³/mol. The van der Waals surface area contributed by atoms with Crippen molar-refractivity contribution in [2.24, 2.45) is 11.7 Å². The lowest BCUT2D eigenvalue weighted by Crippen LogP contribution is -2.57. The van der Waals surface area contributed by atoms with E-state index >= 15 is 0 Å². The van der Waals surface area contributed by atoms with Gasteiger partial charge >= 0.3 is 0 Å². The second-order valence-corrected chi connectivity index (χ2v) is 4.68. The second kappa shape index (κ2) is 6.83. The fraction of sp³-hybridized carbons (Fsp3) is 0.909. The van der Waals surface area contributed by atoms with Gasteiger partial charge in [-0.1, -0.05) is 20.8 Å². The van der Waals surface area contributed by atoms with Crippen molar-refractivity contribution in [2.45, 2.75) is 45.2 Å². The van der Waals surface area contributed by atoms with Gasteiger partial charge in [-0.15, -0.1) is 0 Å². The Balaban J connectivity index is 4.40. The van der Waals surface area contributed by atoms with Crippen LogP contribution >= 0.6 is 0 Å². The monoisotopic (exact) mass is 232 g/mol. The molecule has 0 unspecified atom stereocenters. The summed E-state index contributed by atoms with van der Waals surface area (Å²) in [6, 6.07) is -0.593. The van der Waals surface area contributed by atoms with E-state index < -0.39 is 11.6 Å². The van der Waals surface area contributed by atoms with E-state index in [-0.39, 0.29) is 19.1 Å². The van der Waals surface area contributed by atoms with Crippen LogP contribution in [0.5, 0.6) is 0 Å². The number of carbonyl (C=O) groups excluding carboxylic acids is 1. The van der Waals surface area contributed by atoms with Gasteiger partial charge in [-0.05, 0) is 18.8 Å². The summed E-state index contributed by atoms with van der Waals surface area (Å²) >= 11 is 0. The summed E-state index contributed by atoms with van der Waals surface area (Å²) in [6.45, 7) is 5.18. The molecule has 0 aromatic rings. The van der Waals surface area contributed by atoms with Crippen LogP contribution in [0.4, 0.5) is 0 Å². The standard InChI is InChI=1S/C11H24N2O3/c1-4-11(6-14,7-15)13-10(16)9(12)5-8(2)3/h8-9,14-15H,4-7,12H2,1-3H3,(H,13,16)/t9-/m0/s1. The van der Waals surface area contributed by atoms with Gasteiger partial charge in [0.1, 0.15) is 0 Å². The molecular formula is C11H24N2O3.